The minimum Gasteiger partial charge on any atom is -0.496 e. The number of rotatable bonds is 3. The fourth-order valence-corrected chi connectivity index (χ4v) is 1.03. The summed E-state index contributed by atoms with van der Waals surface area (Å²) in [6, 6.07) is 8.98. The molecule has 1 radical (unpaired) electrons. The maximum absolute atomic E-state index is 5.00. The van der Waals surface area contributed by atoms with Crippen molar-refractivity contribution in [3.8, 4) is 5.75 Å². The molecule has 0 aromatic heterocycles. The summed E-state index contributed by atoms with van der Waals surface area (Å²) in [5.74, 6) is 0.789. The second kappa shape index (κ2) is 4.12. The van der Waals surface area contributed by atoms with Gasteiger partial charge in [0, 0.05) is 12.6 Å². The van der Waals surface area contributed by atoms with Crippen LogP contribution in [0, 0.1) is 6.07 Å². The number of hydrogen-bond donors (Lipinski definition) is 0. The fraction of sp³-hybridized carbons (Fsp3) is 0.400. The van der Waals surface area contributed by atoms with Crippen LogP contribution in [0.25, 0.3) is 0 Å². The van der Waals surface area contributed by atoms with Gasteiger partial charge in [-0.05, 0) is 31.8 Å². The van der Waals surface area contributed by atoms with Crippen LogP contribution in [0.4, 0.5) is 0 Å². The van der Waals surface area contributed by atoms with Crippen molar-refractivity contribution < 1.29 is 4.74 Å². The van der Waals surface area contributed by atoms with Gasteiger partial charge in [-0.2, -0.15) is 0 Å². The highest BCUT2D eigenvalue weighted by Crippen LogP contribution is 2.10. The molecular formula is C10H14NO. The maximum atomic E-state index is 5.00. The SMILES string of the molecule is COc1[c]cc(CN(C)C)cc1. The zero-order valence-electron chi connectivity index (χ0n) is 7.79. The zero-order chi connectivity index (χ0) is 8.97. The molecule has 0 atom stereocenters. The first-order valence-electron chi connectivity index (χ1n) is 3.91. The summed E-state index contributed by atoms with van der Waals surface area (Å²) in [5.41, 5.74) is 1.25. The number of ether oxygens (including phenoxy) is 1. The molecule has 0 N–H and O–H groups in total. The molecule has 2 heteroatoms. The Labute approximate surface area is 73.8 Å². The first kappa shape index (κ1) is 9.07. The van der Waals surface area contributed by atoms with Crippen molar-refractivity contribution in [2.45, 2.75) is 6.54 Å². The third-order valence-corrected chi connectivity index (χ3v) is 1.57. The van der Waals surface area contributed by atoms with Crippen LogP contribution in [0.2, 0.25) is 0 Å². The molecule has 0 bridgehead atoms. The highest BCUT2D eigenvalue weighted by atomic mass is 16.5. The molecular weight excluding hydrogens is 150 g/mol. The lowest BCUT2D eigenvalue weighted by atomic mass is 10.2. The molecule has 1 rings (SSSR count). The Bertz CT molecular complexity index is 228. The van der Waals surface area contributed by atoms with Gasteiger partial charge in [-0.15, -0.1) is 0 Å². The highest BCUT2D eigenvalue weighted by molar-refractivity contribution is 5.25. The Morgan fingerprint density at radius 1 is 1.42 bits per heavy atom. The van der Waals surface area contributed by atoms with Crippen LogP contribution in [0.1, 0.15) is 5.56 Å². The second-order valence-electron chi connectivity index (χ2n) is 3.00. The van der Waals surface area contributed by atoms with Crippen LogP contribution in [-0.2, 0) is 6.54 Å². The summed E-state index contributed by atoms with van der Waals surface area (Å²) >= 11 is 0. The minimum atomic E-state index is 0.789. The molecule has 0 saturated carbocycles. The van der Waals surface area contributed by atoms with Crippen molar-refractivity contribution in [1.29, 1.82) is 0 Å². The van der Waals surface area contributed by atoms with E-state index in [4.69, 9.17) is 4.74 Å². The van der Waals surface area contributed by atoms with E-state index in [0.29, 0.717) is 0 Å². The molecule has 0 fully saturated rings. The third kappa shape index (κ3) is 2.55. The van der Waals surface area contributed by atoms with E-state index in [2.05, 4.69) is 17.0 Å². The fourth-order valence-electron chi connectivity index (χ4n) is 1.03. The summed E-state index contributed by atoms with van der Waals surface area (Å²) in [6.45, 7) is 0.945. The summed E-state index contributed by atoms with van der Waals surface area (Å²) in [7, 11) is 5.74. The van der Waals surface area contributed by atoms with Crippen molar-refractivity contribution in [3.63, 3.8) is 0 Å². The van der Waals surface area contributed by atoms with Gasteiger partial charge in [-0.25, -0.2) is 0 Å². The summed E-state index contributed by atoms with van der Waals surface area (Å²) in [6.07, 6.45) is 0. The Hall–Kier alpha value is -1.02. The Morgan fingerprint density at radius 3 is 2.58 bits per heavy atom. The average molecular weight is 164 g/mol. The first-order valence-corrected chi connectivity index (χ1v) is 3.91. The predicted octanol–water partition coefficient (Wildman–Crippen LogP) is 1.56. The van der Waals surface area contributed by atoms with Crippen molar-refractivity contribution in [1.82, 2.24) is 4.90 Å². The van der Waals surface area contributed by atoms with Crippen LogP contribution in [-0.4, -0.2) is 26.1 Å². The third-order valence-electron chi connectivity index (χ3n) is 1.57. The van der Waals surface area contributed by atoms with Gasteiger partial charge in [0.2, 0.25) is 0 Å². The van der Waals surface area contributed by atoms with Crippen LogP contribution in [0.5, 0.6) is 5.75 Å². The smallest absolute Gasteiger partial charge is 0.126 e. The highest BCUT2D eigenvalue weighted by Gasteiger charge is 1.95. The van der Waals surface area contributed by atoms with Gasteiger partial charge in [0.05, 0.1) is 7.11 Å². The topological polar surface area (TPSA) is 12.5 Å². The first-order chi connectivity index (χ1) is 5.72. The number of benzene rings is 1. The molecule has 0 spiro atoms. The van der Waals surface area contributed by atoms with E-state index < -0.39 is 0 Å². The Kier molecular flexibility index (Phi) is 3.11. The van der Waals surface area contributed by atoms with Gasteiger partial charge in [0.15, 0.2) is 0 Å². The van der Waals surface area contributed by atoms with Crippen molar-refractivity contribution in [2.75, 3.05) is 21.2 Å². The van der Waals surface area contributed by atoms with Gasteiger partial charge in [-0.1, -0.05) is 6.07 Å². The summed E-state index contributed by atoms with van der Waals surface area (Å²) in [5, 5.41) is 0. The van der Waals surface area contributed by atoms with Crippen molar-refractivity contribution in [2.24, 2.45) is 0 Å². The summed E-state index contributed by atoms with van der Waals surface area (Å²) in [4.78, 5) is 2.12. The van der Waals surface area contributed by atoms with E-state index >= 15 is 0 Å². The van der Waals surface area contributed by atoms with Crippen LogP contribution < -0.4 is 4.74 Å². The van der Waals surface area contributed by atoms with Crippen LogP contribution in [0.15, 0.2) is 18.2 Å². The predicted molar refractivity (Wildman–Crippen MR) is 49.2 cm³/mol. The van der Waals surface area contributed by atoms with Crippen molar-refractivity contribution in [3.05, 3.63) is 29.8 Å². The molecule has 0 amide bonds. The lowest BCUT2D eigenvalue weighted by Crippen LogP contribution is -2.10. The minimum absolute atomic E-state index is 0.789. The molecule has 0 aliphatic carbocycles. The van der Waals surface area contributed by atoms with E-state index in [9.17, 15) is 0 Å². The normalized spacial score (nSPS) is 10.3. The van der Waals surface area contributed by atoms with Gasteiger partial charge >= 0.3 is 0 Å². The monoisotopic (exact) mass is 164 g/mol. The van der Waals surface area contributed by atoms with Gasteiger partial charge in [0.1, 0.15) is 5.75 Å². The molecule has 0 aliphatic heterocycles. The van der Waals surface area contributed by atoms with E-state index in [0.717, 1.165) is 12.3 Å². The number of hydrogen-bond acceptors (Lipinski definition) is 2. The molecule has 0 aliphatic rings. The van der Waals surface area contributed by atoms with Crippen LogP contribution in [0.3, 0.4) is 0 Å². The molecule has 65 valence electrons. The Morgan fingerprint density at radius 2 is 2.17 bits per heavy atom. The van der Waals surface area contributed by atoms with Crippen LogP contribution >= 0.6 is 0 Å². The molecule has 1 aromatic carbocycles. The molecule has 0 saturated heterocycles. The molecule has 0 heterocycles. The second-order valence-corrected chi connectivity index (χ2v) is 3.00. The van der Waals surface area contributed by atoms with E-state index in [1.54, 1.807) is 7.11 Å². The molecule has 1 aromatic rings. The number of methoxy groups -OCH3 is 1. The van der Waals surface area contributed by atoms with Gasteiger partial charge in [0.25, 0.3) is 0 Å². The van der Waals surface area contributed by atoms with Gasteiger partial charge < -0.3 is 9.64 Å². The Balaban J connectivity index is 2.65. The molecule has 2 nitrogen and oxygen atoms in total. The number of nitrogens with zero attached hydrogens (tertiary/aromatic N) is 1. The maximum Gasteiger partial charge on any atom is 0.126 e. The largest absolute Gasteiger partial charge is 0.496 e. The standard InChI is InChI=1S/C10H14NO/c1-11(2)8-9-4-6-10(12-3)7-5-9/h4-6H,8H2,1-3H3. The van der Waals surface area contributed by atoms with E-state index in [-0.39, 0.29) is 0 Å². The van der Waals surface area contributed by atoms with E-state index in [1.807, 2.05) is 26.2 Å². The average Bonchev–Trinajstić information content (AvgIpc) is 2.05. The van der Waals surface area contributed by atoms with Gasteiger partial charge in [-0.3, -0.25) is 0 Å². The summed E-state index contributed by atoms with van der Waals surface area (Å²) < 4.78 is 5.00. The van der Waals surface area contributed by atoms with E-state index in [1.165, 1.54) is 5.56 Å². The lowest BCUT2D eigenvalue weighted by Gasteiger charge is -2.09. The lowest BCUT2D eigenvalue weighted by molar-refractivity contribution is 0.399. The quantitative estimate of drug-likeness (QED) is 0.672. The van der Waals surface area contributed by atoms with Crippen molar-refractivity contribution >= 4 is 0 Å². The zero-order valence-corrected chi connectivity index (χ0v) is 7.79. The molecule has 12 heavy (non-hydrogen) atoms. The molecule has 0 unspecified atom stereocenters.